The molecule has 0 atom stereocenters. The van der Waals surface area contributed by atoms with Gasteiger partial charge in [0.25, 0.3) is 0 Å². The van der Waals surface area contributed by atoms with E-state index in [1.807, 2.05) is 6.92 Å². The van der Waals surface area contributed by atoms with Crippen LogP contribution >= 0.6 is 23.2 Å². The Hall–Kier alpha value is -0.860. The standard InChI is InChI=1S/C13H14Cl2O2/c1-2-3-4-12(16)8-13(17)9-5-10(14)7-11(15)6-9/h5-7H,2-4,8H2,1H3. The minimum absolute atomic E-state index is 0.0343. The Bertz CT molecular complexity index is 407. The zero-order chi connectivity index (χ0) is 12.8. The van der Waals surface area contributed by atoms with E-state index < -0.39 is 0 Å². The van der Waals surface area contributed by atoms with Crippen molar-refractivity contribution in [2.75, 3.05) is 0 Å². The van der Waals surface area contributed by atoms with E-state index >= 15 is 0 Å². The smallest absolute Gasteiger partial charge is 0.170 e. The number of carbonyl (C=O) groups excluding carboxylic acids is 2. The molecule has 1 aromatic carbocycles. The van der Waals surface area contributed by atoms with Crippen LogP contribution in [-0.2, 0) is 4.79 Å². The zero-order valence-corrected chi connectivity index (χ0v) is 11.1. The monoisotopic (exact) mass is 272 g/mol. The molecular weight excluding hydrogens is 259 g/mol. The number of Topliss-reactive ketones (excluding diaryl/α,β-unsaturated/α-hetero) is 2. The third-order valence-electron chi connectivity index (χ3n) is 2.35. The van der Waals surface area contributed by atoms with Crippen LogP contribution in [0.4, 0.5) is 0 Å². The SMILES string of the molecule is CCCCC(=O)CC(=O)c1cc(Cl)cc(Cl)c1. The zero-order valence-electron chi connectivity index (χ0n) is 9.63. The second kappa shape index (κ2) is 6.77. The van der Waals surface area contributed by atoms with Gasteiger partial charge >= 0.3 is 0 Å². The van der Waals surface area contributed by atoms with E-state index in [0.717, 1.165) is 12.8 Å². The van der Waals surface area contributed by atoms with Crippen molar-refractivity contribution >= 4 is 34.8 Å². The molecule has 92 valence electrons. The summed E-state index contributed by atoms with van der Waals surface area (Å²) in [5.74, 6) is -0.261. The molecule has 1 rings (SSSR count). The predicted octanol–water partition coefficient (Wildman–Crippen LogP) is 4.33. The van der Waals surface area contributed by atoms with Crippen molar-refractivity contribution < 1.29 is 9.59 Å². The average Bonchev–Trinajstić information content (AvgIpc) is 2.25. The number of rotatable bonds is 6. The molecule has 0 N–H and O–H groups in total. The fourth-order valence-corrected chi connectivity index (χ4v) is 1.98. The first-order chi connectivity index (χ1) is 8.02. The van der Waals surface area contributed by atoms with Crippen molar-refractivity contribution in [1.82, 2.24) is 0 Å². The van der Waals surface area contributed by atoms with Gasteiger partial charge < -0.3 is 0 Å². The summed E-state index contributed by atoms with van der Waals surface area (Å²) in [4.78, 5) is 23.3. The molecule has 0 spiro atoms. The quantitative estimate of drug-likeness (QED) is 0.571. The number of carbonyl (C=O) groups is 2. The molecule has 17 heavy (non-hydrogen) atoms. The molecule has 0 radical (unpaired) electrons. The van der Waals surface area contributed by atoms with Crippen molar-refractivity contribution in [1.29, 1.82) is 0 Å². The second-order valence-corrected chi connectivity index (χ2v) is 4.77. The number of ketones is 2. The topological polar surface area (TPSA) is 34.1 Å². The van der Waals surface area contributed by atoms with Crippen LogP contribution in [0.15, 0.2) is 18.2 Å². The molecule has 0 fully saturated rings. The third kappa shape index (κ3) is 4.88. The van der Waals surface area contributed by atoms with Gasteiger partial charge in [0.05, 0.1) is 6.42 Å². The number of halogens is 2. The van der Waals surface area contributed by atoms with Gasteiger partial charge in [-0.1, -0.05) is 36.5 Å². The fourth-order valence-electron chi connectivity index (χ4n) is 1.46. The molecule has 0 aromatic heterocycles. The van der Waals surface area contributed by atoms with Gasteiger partial charge in [0.2, 0.25) is 0 Å². The Labute approximate surface area is 111 Å². The van der Waals surface area contributed by atoms with Gasteiger partial charge in [-0.15, -0.1) is 0 Å². The van der Waals surface area contributed by atoms with Crippen LogP contribution in [0.5, 0.6) is 0 Å². The van der Waals surface area contributed by atoms with Gasteiger partial charge in [0.1, 0.15) is 5.78 Å². The van der Waals surface area contributed by atoms with Gasteiger partial charge in [-0.3, -0.25) is 9.59 Å². The molecule has 0 unspecified atom stereocenters. The number of unbranched alkanes of at least 4 members (excludes halogenated alkanes) is 1. The summed E-state index contributed by atoms with van der Waals surface area (Å²) < 4.78 is 0. The van der Waals surface area contributed by atoms with Crippen LogP contribution in [0.25, 0.3) is 0 Å². The van der Waals surface area contributed by atoms with E-state index in [2.05, 4.69) is 0 Å². The minimum atomic E-state index is -0.226. The minimum Gasteiger partial charge on any atom is -0.299 e. The van der Waals surface area contributed by atoms with E-state index in [9.17, 15) is 9.59 Å². The van der Waals surface area contributed by atoms with Crippen LogP contribution in [0.2, 0.25) is 10.0 Å². The highest BCUT2D eigenvalue weighted by atomic mass is 35.5. The van der Waals surface area contributed by atoms with Gasteiger partial charge in [-0.2, -0.15) is 0 Å². The summed E-state index contributed by atoms with van der Waals surface area (Å²) >= 11 is 11.6. The molecule has 0 aliphatic rings. The van der Waals surface area contributed by atoms with Gasteiger partial charge in [-0.05, 0) is 24.6 Å². The van der Waals surface area contributed by atoms with Crippen molar-refractivity contribution in [3.05, 3.63) is 33.8 Å². The van der Waals surface area contributed by atoms with E-state index in [1.54, 1.807) is 6.07 Å². The van der Waals surface area contributed by atoms with E-state index in [-0.39, 0.29) is 18.0 Å². The van der Waals surface area contributed by atoms with E-state index in [0.29, 0.717) is 22.0 Å². The first-order valence-electron chi connectivity index (χ1n) is 5.54. The largest absolute Gasteiger partial charge is 0.299 e. The molecule has 1 aromatic rings. The maximum atomic E-state index is 11.8. The van der Waals surface area contributed by atoms with Gasteiger partial charge in [-0.25, -0.2) is 0 Å². The fraction of sp³-hybridized carbons (Fsp3) is 0.385. The molecule has 0 saturated carbocycles. The Balaban J connectivity index is 2.66. The number of hydrogen-bond donors (Lipinski definition) is 0. The van der Waals surface area contributed by atoms with E-state index in [1.165, 1.54) is 12.1 Å². The maximum Gasteiger partial charge on any atom is 0.170 e. The molecule has 0 saturated heterocycles. The van der Waals surface area contributed by atoms with Crippen molar-refractivity contribution in [2.45, 2.75) is 32.6 Å². The highest BCUT2D eigenvalue weighted by molar-refractivity contribution is 6.35. The lowest BCUT2D eigenvalue weighted by atomic mass is 10.0. The Morgan fingerprint density at radius 1 is 1.12 bits per heavy atom. The molecule has 2 nitrogen and oxygen atoms in total. The molecule has 0 bridgehead atoms. The summed E-state index contributed by atoms with van der Waals surface area (Å²) in [5, 5.41) is 0.809. The van der Waals surface area contributed by atoms with Gasteiger partial charge in [0.15, 0.2) is 5.78 Å². The Morgan fingerprint density at radius 3 is 2.24 bits per heavy atom. The molecule has 0 heterocycles. The molecular formula is C13H14Cl2O2. The molecule has 0 aliphatic carbocycles. The summed E-state index contributed by atoms with van der Waals surface area (Å²) in [6.07, 6.45) is 2.15. The van der Waals surface area contributed by atoms with Crippen molar-refractivity contribution in [3.63, 3.8) is 0 Å². The van der Waals surface area contributed by atoms with Crippen LogP contribution < -0.4 is 0 Å². The summed E-state index contributed by atoms with van der Waals surface area (Å²) in [6, 6.07) is 4.62. The van der Waals surface area contributed by atoms with Crippen LogP contribution in [0.1, 0.15) is 43.0 Å². The summed E-state index contributed by atoms with van der Waals surface area (Å²) in [5.41, 5.74) is 0.396. The highest BCUT2D eigenvalue weighted by Gasteiger charge is 2.12. The lowest BCUT2D eigenvalue weighted by molar-refractivity contribution is -0.118. The van der Waals surface area contributed by atoms with Crippen LogP contribution in [-0.4, -0.2) is 11.6 Å². The lowest BCUT2D eigenvalue weighted by Gasteiger charge is -2.02. The first kappa shape index (κ1) is 14.2. The summed E-state index contributed by atoms with van der Waals surface area (Å²) in [7, 11) is 0. The lowest BCUT2D eigenvalue weighted by Crippen LogP contribution is -2.08. The Kier molecular flexibility index (Phi) is 5.66. The van der Waals surface area contributed by atoms with Crippen LogP contribution in [0.3, 0.4) is 0 Å². The van der Waals surface area contributed by atoms with Crippen LogP contribution in [0, 0.1) is 0 Å². The molecule has 0 amide bonds. The van der Waals surface area contributed by atoms with Crippen molar-refractivity contribution in [2.24, 2.45) is 0 Å². The summed E-state index contributed by atoms with van der Waals surface area (Å²) in [6.45, 7) is 2.01. The average molecular weight is 273 g/mol. The highest BCUT2D eigenvalue weighted by Crippen LogP contribution is 2.20. The maximum absolute atomic E-state index is 11.8. The third-order valence-corrected chi connectivity index (χ3v) is 2.79. The van der Waals surface area contributed by atoms with Crippen molar-refractivity contribution in [3.8, 4) is 0 Å². The molecule has 0 aliphatic heterocycles. The second-order valence-electron chi connectivity index (χ2n) is 3.90. The first-order valence-corrected chi connectivity index (χ1v) is 6.29. The van der Waals surface area contributed by atoms with E-state index in [4.69, 9.17) is 23.2 Å². The normalized spacial score (nSPS) is 10.3. The predicted molar refractivity (Wildman–Crippen MR) is 69.9 cm³/mol. The molecule has 4 heteroatoms. The Morgan fingerprint density at radius 2 is 1.71 bits per heavy atom. The number of benzene rings is 1. The van der Waals surface area contributed by atoms with Gasteiger partial charge in [0, 0.05) is 22.0 Å². The number of hydrogen-bond acceptors (Lipinski definition) is 2.